The van der Waals surface area contributed by atoms with Gasteiger partial charge in [-0.05, 0) is 13.3 Å². The number of aliphatic hydroxyl groups is 1. The molecule has 0 aromatic heterocycles. The minimum Gasteiger partial charge on any atom is -0.396 e. The van der Waals surface area contributed by atoms with Gasteiger partial charge in [0, 0.05) is 6.61 Å². The third-order valence-corrected chi connectivity index (χ3v) is 0.462. The number of rotatable bonds is 2. The first-order chi connectivity index (χ1) is 2.91. The summed E-state index contributed by atoms with van der Waals surface area (Å²) in [5.74, 6) is 0. The highest BCUT2D eigenvalue weighted by Gasteiger charge is 1.65. The summed E-state index contributed by atoms with van der Waals surface area (Å²) in [4.78, 5) is 0. The predicted octanol–water partition coefficient (Wildman–Crippen LogP) is 0.759. The maximum atomic E-state index is 8.12. The van der Waals surface area contributed by atoms with Gasteiger partial charge in [-0.2, -0.15) is 0 Å². The van der Waals surface area contributed by atoms with Crippen molar-refractivity contribution in [3.8, 4) is 0 Å². The average molecular weight is 85.1 g/mol. The highest BCUT2D eigenvalue weighted by Crippen LogP contribution is 1.75. The minimum absolute atomic E-state index is 0.228. The molecule has 0 amide bonds. The molecule has 1 N–H and O–H groups in total. The van der Waals surface area contributed by atoms with Gasteiger partial charge in [-0.1, -0.05) is 12.2 Å². The molecule has 0 aromatic rings. The first-order valence-electron chi connectivity index (χ1n) is 1.97. The molecule has 0 fully saturated rings. The molecule has 0 saturated carbocycles. The fourth-order valence-corrected chi connectivity index (χ4v) is 0.192. The van der Waals surface area contributed by atoms with Crippen molar-refractivity contribution < 1.29 is 5.11 Å². The van der Waals surface area contributed by atoms with E-state index in [4.69, 9.17) is 5.11 Å². The van der Waals surface area contributed by atoms with Crippen molar-refractivity contribution in [1.29, 1.82) is 0 Å². The van der Waals surface area contributed by atoms with Crippen LogP contribution in [0.25, 0.3) is 0 Å². The van der Waals surface area contributed by atoms with Gasteiger partial charge in [-0.3, -0.25) is 0 Å². The van der Waals surface area contributed by atoms with Gasteiger partial charge in [0.25, 0.3) is 0 Å². The topological polar surface area (TPSA) is 20.2 Å². The zero-order chi connectivity index (χ0) is 4.83. The Morgan fingerprint density at radius 3 is 2.50 bits per heavy atom. The molecule has 0 saturated heterocycles. The van der Waals surface area contributed by atoms with Gasteiger partial charge in [-0.25, -0.2) is 0 Å². The summed E-state index contributed by atoms with van der Waals surface area (Å²) < 4.78 is 0. The lowest BCUT2D eigenvalue weighted by Crippen LogP contribution is -1.73. The first kappa shape index (κ1) is 5.70. The lowest BCUT2D eigenvalue weighted by molar-refractivity contribution is 0.302. The van der Waals surface area contributed by atoms with Crippen LogP contribution >= 0.6 is 0 Å². The average Bonchev–Trinajstić information content (AvgIpc) is 1.61. The van der Waals surface area contributed by atoms with Crippen molar-refractivity contribution in [1.82, 2.24) is 0 Å². The van der Waals surface area contributed by atoms with Gasteiger partial charge in [0.2, 0.25) is 0 Å². The van der Waals surface area contributed by atoms with Crippen LogP contribution in [0.2, 0.25) is 0 Å². The highest BCUT2D eigenvalue weighted by molar-refractivity contribution is 4.82. The van der Waals surface area contributed by atoms with Crippen molar-refractivity contribution in [3.05, 3.63) is 19.1 Å². The molecular weight excluding hydrogens is 76.1 g/mol. The van der Waals surface area contributed by atoms with E-state index in [9.17, 15) is 0 Å². The number of hydrogen-bond donors (Lipinski definition) is 1. The molecular formula is C5H9O. The second-order valence-corrected chi connectivity index (χ2v) is 0.984. The normalized spacial score (nSPS) is 10.3. The van der Waals surface area contributed by atoms with Crippen LogP contribution in [0, 0.1) is 6.92 Å². The van der Waals surface area contributed by atoms with Gasteiger partial charge in [-0.15, -0.1) is 0 Å². The summed E-state index contributed by atoms with van der Waals surface area (Å²) in [6.07, 6.45) is 4.22. The van der Waals surface area contributed by atoms with E-state index in [2.05, 4.69) is 6.92 Å². The van der Waals surface area contributed by atoms with Crippen molar-refractivity contribution in [2.24, 2.45) is 0 Å². The molecule has 0 heterocycles. The molecule has 0 atom stereocenters. The Morgan fingerprint density at radius 2 is 2.33 bits per heavy atom. The molecule has 0 aliphatic carbocycles. The molecule has 0 unspecified atom stereocenters. The van der Waals surface area contributed by atoms with Gasteiger partial charge in [0.1, 0.15) is 0 Å². The highest BCUT2D eigenvalue weighted by atomic mass is 16.2. The lowest BCUT2D eigenvalue weighted by Gasteiger charge is -1.76. The lowest BCUT2D eigenvalue weighted by atomic mass is 10.4. The van der Waals surface area contributed by atoms with E-state index in [0.717, 1.165) is 6.42 Å². The maximum absolute atomic E-state index is 8.12. The predicted molar refractivity (Wildman–Crippen MR) is 26.2 cm³/mol. The Balaban J connectivity index is 2.66. The minimum atomic E-state index is 0.228. The monoisotopic (exact) mass is 85.1 g/mol. The van der Waals surface area contributed by atoms with E-state index in [1.807, 2.05) is 6.08 Å². The molecule has 0 aliphatic rings. The SMILES string of the molecule is [CH2]/C=C/CCO. The van der Waals surface area contributed by atoms with Crippen molar-refractivity contribution in [3.63, 3.8) is 0 Å². The Labute approximate surface area is 38.3 Å². The van der Waals surface area contributed by atoms with Crippen LogP contribution in [-0.4, -0.2) is 11.7 Å². The second kappa shape index (κ2) is 4.70. The third kappa shape index (κ3) is 3.70. The van der Waals surface area contributed by atoms with E-state index >= 15 is 0 Å². The van der Waals surface area contributed by atoms with Gasteiger partial charge in [0.15, 0.2) is 0 Å². The van der Waals surface area contributed by atoms with E-state index in [1.54, 1.807) is 6.08 Å². The first-order valence-corrected chi connectivity index (χ1v) is 1.97. The van der Waals surface area contributed by atoms with Crippen LogP contribution in [0.3, 0.4) is 0 Å². The third-order valence-electron chi connectivity index (χ3n) is 0.462. The van der Waals surface area contributed by atoms with E-state index in [0.29, 0.717) is 0 Å². The number of hydrogen-bond acceptors (Lipinski definition) is 1. The number of aliphatic hydroxyl groups excluding tert-OH is 1. The van der Waals surface area contributed by atoms with Gasteiger partial charge >= 0.3 is 0 Å². The summed E-state index contributed by atoms with van der Waals surface area (Å²) in [7, 11) is 0. The van der Waals surface area contributed by atoms with Crippen LogP contribution in [-0.2, 0) is 0 Å². The Hall–Kier alpha value is -0.300. The van der Waals surface area contributed by atoms with Crippen molar-refractivity contribution >= 4 is 0 Å². The largest absolute Gasteiger partial charge is 0.396 e. The summed E-state index contributed by atoms with van der Waals surface area (Å²) in [6.45, 7) is 3.66. The summed E-state index contributed by atoms with van der Waals surface area (Å²) in [5.41, 5.74) is 0. The van der Waals surface area contributed by atoms with E-state index in [1.165, 1.54) is 0 Å². The van der Waals surface area contributed by atoms with Crippen molar-refractivity contribution in [2.75, 3.05) is 6.61 Å². The smallest absolute Gasteiger partial charge is 0.0465 e. The summed E-state index contributed by atoms with van der Waals surface area (Å²) in [6, 6.07) is 0. The molecule has 0 aliphatic heterocycles. The molecule has 0 rings (SSSR count). The van der Waals surface area contributed by atoms with Crippen LogP contribution in [0.4, 0.5) is 0 Å². The van der Waals surface area contributed by atoms with E-state index < -0.39 is 0 Å². The van der Waals surface area contributed by atoms with Gasteiger partial charge < -0.3 is 5.11 Å². The molecule has 0 bridgehead atoms. The Bertz CT molecular complexity index is 39.2. The van der Waals surface area contributed by atoms with Gasteiger partial charge in [0.05, 0.1) is 0 Å². The molecule has 35 valence electrons. The molecule has 1 radical (unpaired) electrons. The fraction of sp³-hybridized carbons (Fsp3) is 0.400. The van der Waals surface area contributed by atoms with Crippen LogP contribution in [0.15, 0.2) is 12.2 Å². The second-order valence-electron chi connectivity index (χ2n) is 0.984. The van der Waals surface area contributed by atoms with Crippen molar-refractivity contribution in [2.45, 2.75) is 6.42 Å². The summed E-state index contributed by atoms with van der Waals surface area (Å²) >= 11 is 0. The molecule has 0 spiro atoms. The number of allylic oxidation sites excluding steroid dienone is 1. The Morgan fingerprint density at radius 1 is 1.67 bits per heavy atom. The molecule has 0 aromatic carbocycles. The fourth-order valence-electron chi connectivity index (χ4n) is 0.192. The van der Waals surface area contributed by atoms with Crippen LogP contribution < -0.4 is 0 Å². The zero-order valence-corrected chi connectivity index (χ0v) is 3.72. The summed E-state index contributed by atoms with van der Waals surface area (Å²) in [5, 5.41) is 8.12. The molecule has 6 heavy (non-hydrogen) atoms. The standard InChI is InChI=1S/C5H9O/c1-2-3-4-5-6/h2-3,6H,1,4-5H2/b3-2+. The Kier molecular flexibility index (Phi) is 4.46. The zero-order valence-electron chi connectivity index (χ0n) is 3.72. The van der Waals surface area contributed by atoms with Crippen LogP contribution in [0.1, 0.15) is 6.42 Å². The quantitative estimate of drug-likeness (QED) is 0.524. The molecule has 1 heteroatoms. The maximum Gasteiger partial charge on any atom is 0.0465 e. The molecule has 1 nitrogen and oxygen atoms in total. The van der Waals surface area contributed by atoms with E-state index in [-0.39, 0.29) is 6.61 Å². The van der Waals surface area contributed by atoms with Crippen LogP contribution in [0.5, 0.6) is 0 Å².